The first-order chi connectivity index (χ1) is 7.02. The first-order valence-electron chi connectivity index (χ1n) is 4.95. The van der Waals surface area contributed by atoms with Crippen LogP contribution >= 0.6 is 0 Å². The molecule has 0 heterocycles. The van der Waals surface area contributed by atoms with Gasteiger partial charge in [0, 0.05) is 5.56 Å². The summed E-state index contributed by atoms with van der Waals surface area (Å²) in [5.41, 5.74) is 0.997. The fourth-order valence-electron chi connectivity index (χ4n) is 1.25. The van der Waals surface area contributed by atoms with Crippen molar-refractivity contribution in [3.05, 3.63) is 29.3 Å². The fourth-order valence-corrected chi connectivity index (χ4v) is 1.25. The van der Waals surface area contributed by atoms with Crippen LogP contribution in [0.2, 0.25) is 0 Å². The summed E-state index contributed by atoms with van der Waals surface area (Å²) in [7, 11) is 0. The molecule has 0 fully saturated rings. The number of ketones is 1. The second-order valence-electron chi connectivity index (χ2n) is 3.73. The lowest BCUT2D eigenvalue weighted by atomic mass is 10.1. The molecule has 0 unspecified atom stereocenters. The summed E-state index contributed by atoms with van der Waals surface area (Å²) in [6, 6.07) is 5.11. The number of carbonyl (C=O) groups excluding carboxylic acids is 1. The number of phenolic OH excluding ortho intramolecular Hbond substituents is 1. The topological polar surface area (TPSA) is 46.5 Å². The number of aromatic hydroxyl groups is 1. The van der Waals surface area contributed by atoms with Crippen LogP contribution in [0.4, 0.5) is 0 Å². The number of benzene rings is 1. The zero-order valence-corrected chi connectivity index (χ0v) is 9.28. The van der Waals surface area contributed by atoms with Crippen LogP contribution in [0.25, 0.3) is 0 Å². The molecule has 1 aromatic carbocycles. The van der Waals surface area contributed by atoms with Gasteiger partial charge in [-0.3, -0.25) is 4.79 Å². The Balaban J connectivity index is 2.89. The molecule has 3 heteroatoms. The van der Waals surface area contributed by atoms with Gasteiger partial charge >= 0.3 is 0 Å². The van der Waals surface area contributed by atoms with Gasteiger partial charge in [-0.2, -0.15) is 0 Å². The summed E-state index contributed by atoms with van der Waals surface area (Å²) >= 11 is 0. The third-order valence-electron chi connectivity index (χ3n) is 2.07. The highest BCUT2D eigenvalue weighted by Gasteiger charge is 2.10. The molecule has 15 heavy (non-hydrogen) atoms. The molecule has 0 saturated heterocycles. The minimum atomic E-state index is -0.140. The highest BCUT2D eigenvalue weighted by molar-refractivity contribution is 5.97. The molecule has 1 rings (SSSR count). The normalized spacial score (nSPS) is 10.7. The highest BCUT2D eigenvalue weighted by Crippen LogP contribution is 2.23. The zero-order valence-electron chi connectivity index (χ0n) is 9.28. The lowest BCUT2D eigenvalue weighted by Crippen LogP contribution is -2.03. The summed E-state index contributed by atoms with van der Waals surface area (Å²) in [4.78, 5) is 11.2. The van der Waals surface area contributed by atoms with Gasteiger partial charge in [-0.25, -0.2) is 0 Å². The van der Waals surface area contributed by atoms with E-state index in [2.05, 4.69) is 0 Å². The van der Waals surface area contributed by atoms with Crippen molar-refractivity contribution in [2.45, 2.75) is 33.5 Å². The lowest BCUT2D eigenvalue weighted by Gasteiger charge is -2.10. The summed E-state index contributed by atoms with van der Waals surface area (Å²) < 4.78 is 5.37. The summed E-state index contributed by atoms with van der Waals surface area (Å²) in [5.74, 6) is -0.107. The molecular formula is C12H16O3. The third kappa shape index (κ3) is 3.06. The van der Waals surface area contributed by atoms with Crippen molar-refractivity contribution in [1.29, 1.82) is 0 Å². The molecular weight excluding hydrogens is 192 g/mol. The zero-order chi connectivity index (χ0) is 11.4. The van der Waals surface area contributed by atoms with Crippen molar-refractivity contribution in [2.75, 3.05) is 0 Å². The molecule has 0 aliphatic carbocycles. The van der Waals surface area contributed by atoms with Crippen molar-refractivity contribution in [3.63, 3.8) is 0 Å². The number of carbonyl (C=O) groups is 1. The molecule has 0 spiro atoms. The predicted molar refractivity (Wildman–Crippen MR) is 58.0 cm³/mol. The number of rotatable bonds is 4. The standard InChI is InChI=1S/C12H16O3/c1-8(2)15-7-10-5-4-6-11(9(3)13)12(10)14/h4-6,8,14H,7H2,1-3H3. The van der Waals surface area contributed by atoms with Crippen LogP contribution in [0.3, 0.4) is 0 Å². The molecule has 0 aliphatic heterocycles. The average Bonchev–Trinajstić information content (AvgIpc) is 2.15. The summed E-state index contributed by atoms with van der Waals surface area (Å²) in [6.45, 7) is 5.60. The van der Waals surface area contributed by atoms with Crippen LogP contribution in [-0.2, 0) is 11.3 Å². The van der Waals surface area contributed by atoms with Crippen LogP contribution in [0, 0.1) is 0 Å². The van der Waals surface area contributed by atoms with Crippen molar-refractivity contribution < 1.29 is 14.6 Å². The van der Waals surface area contributed by atoms with Gasteiger partial charge in [-0.05, 0) is 26.8 Å². The molecule has 0 aliphatic rings. The molecule has 1 aromatic rings. The van der Waals surface area contributed by atoms with Crippen LogP contribution in [0.5, 0.6) is 5.75 Å². The van der Waals surface area contributed by atoms with E-state index in [1.54, 1.807) is 18.2 Å². The molecule has 82 valence electrons. The molecule has 0 aromatic heterocycles. The van der Waals surface area contributed by atoms with E-state index in [1.165, 1.54) is 6.92 Å². The van der Waals surface area contributed by atoms with Gasteiger partial charge < -0.3 is 9.84 Å². The Morgan fingerprint density at radius 2 is 2.13 bits per heavy atom. The Hall–Kier alpha value is -1.35. The van der Waals surface area contributed by atoms with Gasteiger partial charge in [-0.1, -0.05) is 12.1 Å². The van der Waals surface area contributed by atoms with E-state index in [-0.39, 0.29) is 17.6 Å². The quantitative estimate of drug-likeness (QED) is 0.773. The van der Waals surface area contributed by atoms with Crippen molar-refractivity contribution in [3.8, 4) is 5.75 Å². The molecule has 1 N–H and O–H groups in total. The SMILES string of the molecule is CC(=O)c1cccc(COC(C)C)c1O. The number of Topliss-reactive ketones (excluding diaryl/α,β-unsaturated/α-hetero) is 1. The molecule has 3 nitrogen and oxygen atoms in total. The molecule has 0 amide bonds. The monoisotopic (exact) mass is 208 g/mol. The maximum absolute atomic E-state index is 11.2. The van der Waals surface area contributed by atoms with Crippen LogP contribution < -0.4 is 0 Å². The highest BCUT2D eigenvalue weighted by atomic mass is 16.5. The van der Waals surface area contributed by atoms with Gasteiger partial charge in [0.05, 0.1) is 18.3 Å². The number of phenols is 1. The van der Waals surface area contributed by atoms with Crippen molar-refractivity contribution >= 4 is 5.78 Å². The van der Waals surface area contributed by atoms with Crippen LogP contribution in [-0.4, -0.2) is 17.0 Å². The van der Waals surface area contributed by atoms with Crippen LogP contribution in [0.15, 0.2) is 18.2 Å². The van der Waals surface area contributed by atoms with Crippen LogP contribution in [0.1, 0.15) is 36.7 Å². The third-order valence-corrected chi connectivity index (χ3v) is 2.07. The van der Waals surface area contributed by atoms with Crippen molar-refractivity contribution in [2.24, 2.45) is 0 Å². The number of hydrogen-bond donors (Lipinski definition) is 1. The Kier molecular flexibility index (Phi) is 3.86. The molecule has 0 saturated carbocycles. The smallest absolute Gasteiger partial charge is 0.163 e. The van der Waals surface area contributed by atoms with Gasteiger partial charge in [-0.15, -0.1) is 0 Å². The predicted octanol–water partition coefficient (Wildman–Crippen LogP) is 2.52. The Morgan fingerprint density at radius 3 is 2.67 bits per heavy atom. The summed E-state index contributed by atoms with van der Waals surface area (Å²) in [6.07, 6.45) is 0.102. The second-order valence-corrected chi connectivity index (χ2v) is 3.73. The lowest BCUT2D eigenvalue weighted by molar-refractivity contribution is 0.0644. The van der Waals surface area contributed by atoms with Crippen molar-refractivity contribution in [1.82, 2.24) is 0 Å². The number of hydrogen-bond acceptors (Lipinski definition) is 3. The van der Waals surface area contributed by atoms with Gasteiger partial charge in [0.15, 0.2) is 5.78 Å². The Bertz CT molecular complexity index is 356. The second kappa shape index (κ2) is 4.94. The Morgan fingerprint density at radius 1 is 1.47 bits per heavy atom. The van der Waals surface area contributed by atoms with Gasteiger partial charge in [0.25, 0.3) is 0 Å². The largest absolute Gasteiger partial charge is 0.507 e. The first kappa shape index (κ1) is 11.7. The van der Waals surface area contributed by atoms with E-state index in [0.29, 0.717) is 17.7 Å². The fraction of sp³-hybridized carbons (Fsp3) is 0.417. The van der Waals surface area contributed by atoms with E-state index in [4.69, 9.17) is 4.74 Å². The van der Waals surface area contributed by atoms with Gasteiger partial charge in [0.1, 0.15) is 5.75 Å². The average molecular weight is 208 g/mol. The molecule has 0 bridgehead atoms. The van der Waals surface area contributed by atoms with E-state index in [1.807, 2.05) is 13.8 Å². The first-order valence-corrected chi connectivity index (χ1v) is 4.95. The molecule has 0 radical (unpaired) electrons. The van der Waals surface area contributed by atoms with E-state index in [9.17, 15) is 9.90 Å². The maximum atomic E-state index is 11.2. The minimum Gasteiger partial charge on any atom is -0.507 e. The van der Waals surface area contributed by atoms with E-state index >= 15 is 0 Å². The summed E-state index contributed by atoms with van der Waals surface area (Å²) in [5, 5.41) is 9.77. The number of ether oxygens (including phenoxy) is 1. The molecule has 0 atom stereocenters. The number of para-hydroxylation sites is 1. The van der Waals surface area contributed by atoms with E-state index < -0.39 is 0 Å². The maximum Gasteiger partial charge on any atom is 0.163 e. The van der Waals surface area contributed by atoms with Gasteiger partial charge in [0.2, 0.25) is 0 Å². The van der Waals surface area contributed by atoms with E-state index in [0.717, 1.165) is 0 Å². The Labute approximate surface area is 89.7 Å². The minimum absolute atomic E-state index is 0.0330.